The molecule has 0 unspecified atom stereocenters. The van der Waals surface area contributed by atoms with Crippen molar-refractivity contribution in [2.75, 3.05) is 11.4 Å². The van der Waals surface area contributed by atoms with Crippen molar-refractivity contribution >= 4 is 5.69 Å². The van der Waals surface area contributed by atoms with E-state index < -0.39 is 0 Å². The summed E-state index contributed by atoms with van der Waals surface area (Å²) in [5, 5.41) is 0. The lowest BCUT2D eigenvalue weighted by Gasteiger charge is -2.39. The molecule has 1 heteroatoms. The van der Waals surface area contributed by atoms with E-state index in [2.05, 4.69) is 91.5 Å². The molecule has 130 valence electrons. The quantitative estimate of drug-likeness (QED) is 0.586. The van der Waals surface area contributed by atoms with Gasteiger partial charge in [-0.05, 0) is 60.6 Å². The maximum atomic E-state index is 2.67. The standard InChI is InChI=1S/C25H25N/c1-18-10-3-5-12-20(18)25(21-13-6-4-11-19(21)2)22-14-7-8-15-23(22)26-17-9-16-24(25)26/h3-8,10-15,24H,9,16-17H2,1-2H3/t24-/m1/s1. The molecule has 0 N–H and O–H groups in total. The van der Waals surface area contributed by atoms with Crippen molar-refractivity contribution in [2.24, 2.45) is 0 Å². The average Bonchev–Trinajstić information content (AvgIpc) is 3.24. The molecule has 26 heavy (non-hydrogen) atoms. The molecule has 2 aliphatic heterocycles. The van der Waals surface area contributed by atoms with Crippen LogP contribution in [0.1, 0.15) is 40.7 Å². The highest BCUT2D eigenvalue weighted by atomic mass is 15.2. The van der Waals surface area contributed by atoms with E-state index in [4.69, 9.17) is 0 Å². The largest absolute Gasteiger partial charge is 0.367 e. The summed E-state index contributed by atoms with van der Waals surface area (Å²) in [4.78, 5) is 2.67. The maximum Gasteiger partial charge on any atom is 0.0679 e. The first-order chi connectivity index (χ1) is 12.7. The SMILES string of the molecule is Cc1ccccc1C1(c2ccccc2C)c2ccccc2N2CCC[C@@H]21. The molecule has 0 saturated carbocycles. The fraction of sp³-hybridized carbons (Fsp3) is 0.280. The summed E-state index contributed by atoms with van der Waals surface area (Å²) in [6.07, 6.45) is 2.52. The van der Waals surface area contributed by atoms with Gasteiger partial charge in [-0.3, -0.25) is 0 Å². The van der Waals surface area contributed by atoms with E-state index in [1.165, 1.54) is 52.9 Å². The van der Waals surface area contributed by atoms with Crippen LogP contribution in [0.3, 0.4) is 0 Å². The van der Waals surface area contributed by atoms with Crippen LogP contribution in [-0.4, -0.2) is 12.6 Å². The molecule has 2 aliphatic rings. The van der Waals surface area contributed by atoms with Crippen molar-refractivity contribution < 1.29 is 0 Å². The van der Waals surface area contributed by atoms with Crippen molar-refractivity contribution in [1.29, 1.82) is 0 Å². The Labute approximate surface area is 156 Å². The molecule has 0 spiro atoms. The van der Waals surface area contributed by atoms with E-state index in [-0.39, 0.29) is 5.41 Å². The molecule has 3 aromatic carbocycles. The lowest BCUT2D eigenvalue weighted by Crippen LogP contribution is -2.44. The number of benzene rings is 3. The minimum absolute atomic E-state index is 0.0796. The number of hydrogen-bond acceptors (Lipinski definition) is 1. The molecule has 1 nitrogen and oxygen atoms in total. The Balaban J connectivity index is 1.93. The normalized spacial score (nSPS) is 20.1. The summed E-state index contributed by atoms with van der Waals surface area (Å²) >= 11 is 0. The molecule has 0 bridgehead atoms. The second kappa shape index (κ2) is 5.74. The Morgan fingerprint density at radius 3 is 1.88 bits per heavy atom. The third kappa shape index (κ3) is 1.92. The van der Waals surface area contributed by atoms with Gasteiger partial charge in [0.2, 0.25) is 0 Å². The van der Waals surface area contributed by atoms with Crippen LogP contribution in [0.4, 0.5) is 5.69 Å². The number of hydrogen-bond donors (Lipinski definition) is 0. The summed E-state index contributed by atoms with van der Waals surface area (Å²) in [6.45, 7) is 5.71. The number of rotatable bonds is 2. The van der Waals surface area contributed by atoms with Gasteiger partial charge in [0.05, 0.1) is 5.41 Å². The first-order valence-electron chi connectivity index (χ1n) is 9.73. The Bertz CT molecular complexity index is 926. The van der Waals surface area contributed by atoms with Crippen LogP contribution in [0, 0.1) is 13.8 Å². The first kappa shape index (κ1) is 15.7. The van der Waals surface area contributed by atoms with Crippen LogP contribution in [0.2, 0.25) is 0 Å². The summed E-state index contributed by atoms with van der Waals surface area (Å²) in [7, 11) is 0. The zero-order valence-corrected chi connectivity index (χ0v) is 15.6. The van der Waals surface area contributed by atoms with Crippen molar-refractivity contribution in [3.8, 4) is 0 Å². The van der Waals surface area contributed by atoms with Gasteiger partial charge in [0.1, 0.15) is 0 Å². The molecule has 0 amide bonds. The number of para-hydroxylation sites is 1. The highest BCUT2D eigenvalue weighted by molar-refractivity contribution is 5.74. The maximum absolute atomic E-state index is 2.67. The van der Waals surface area contributed by atoms with Crippen LogP contribution in [0.15, 0.2) is 72.8 Å². The third-order valence-corrected chi connectivity index (χ3v) is 6.53. The van der Waals surface area contributed by atoms with Gasteiger partial charge in [0.15, 0.2) is 0 Å². The van der Waals surface area contributed by atoms with Crippen LogP contribution in [-0.2, 0) is 5.41 Å². The zero-order valence-electron chi connectivity index (χ0n) is 15.6. The Kier molecular flexibility index (Phi) is 3.46. The summed E-state index contributed by atoms with van der Waals surface area (Å²) in [6, 6.07) is 27.6. The first-order valence-corrected chi connectivity index (χ1v) is 9.73. The van der Waals surface area contributed by atoms with E-state index in [0.717, 1.165) is 0 Å². The van der Waals surface area contributed by atoms with Gasteiger partial charge >= 0.3 is 0 Å². The lowest BCUT2D eigenvalue weighted by atomic mass is 9.64. The molecule has 0 aliphatic carbocycles. The number of anilines is 1. The zero-order chi connectivity index (χ0) is 17.7. The predicted molar refractivity (Wildman–Crippen MR) is 109 cm³/mol. The summed E-state index contributed by atoms with van der Waals surface area (Å²) < 4.78 is 0. The number of aryl methyl sites for hydroxylation is 2. The minimum Gasteiger partial charge on any atom is -0.367 e. The Morgan fingerprint density at radius 2 is 1.27 bits per heavy atom. The molecule has 1 saturated heterocycles. The topological polar surface area (TPSA) is 3.24 Å². The molecule has 0 radical (unpaired) electrons. The molecule has 1 fully saturated rings. The second-order valence-electron chi connectivity index (χ2n) is 7.81. The van der Waals surface area contributed by atoms with Gasteiger partial charge in [0, 0.05) is 18.3 Å². The van der Waals surface area contributed by atoms with E-state index in [1.807, 2.05) is 0 Å². The fourth-order valence-electron chi connectivity index (χ4n) is 5.57. The van der Waals surface area contributed by atoms with Gasteiger partial charge in [-0.15, -0.1) is 0 Å². The van der Waals surface area contributed by atoms with Crippen molar-refractivity contribution in [2.45, 2.75) is 38.1 Å². The summed E-state index contributed by atoms with van der Waals surface area (Å²) in [5.41, 5.74) is 8.55. The van der Waals surface area contributed by atoms with Crippen molar-refractivity contribution in [1.82, 2.24) is 0 Å². The molecule has 2 heterocycles. The lowest BCUT2D eigenvalue weighted by molar-refractivity contribution is 0.502. The van der Waals surface area contributed by atoms with E-state index in [1.54, 1.807) is 0 Å². The van der Waals surface area contributed by atoms with Crippen LogP contribution < -0.4 is 4.90 Å². The highest BCUT2D eigenvalue weighted by Gasteiger charge is 2.55. The van der Waals surface area contributed by atoms with Crippen LogP contribution in [0.25, 0.3) is 0 Å². The molecular formula is C25H25N. The van der Waals surface area contributed by atoms with Gasteiger partial charge in [-0.25, -0.2) is 0 Å². The van der Waals surface area contributed by atoms with Crippen molar-refractivity contribution in [3.05, 3.63) is 101 Å². The van der Waals surface area contributed by atoms with Crippen LogP contribution in [0.5, 0.6) is 0 Å². The molecule has 1 atom stereocenters. The number of fused-ring (bicyclic) bond motifs is 3. The average molecular weight is 339 g/mol. The van der Waals surface area contributed by atoms with Gasteiger partial charge < -0.3 is 4.90 Å². The molecular weight excluding hydrogens is 314 g/mol. The summed E-state index contributed by atoms with van der Waals surface area (Å²) in [5.74, 6) is 0. The van der Waals surface area contributed by atoms with E-state index >= 15 is 0 Å². The Morgan fingerprint density at radius 1 is 0.731 bits per heavy atom. The molecule has 0 aromatic heterocycles. The smallest absolute Gasteiger partial charge is 0.0679 e. The number of nitrogens with zero attached hydrogens (tertiary/aromatic N) is 1. The van der Waals surface area contributed by atoms with Crippen molar-refractivity contribution in [3.63, 3.8) is 0 Å². The van der Waals surface area contributed by atoms with E-state index in [0.29, 0.717) is 6.04 Å². The monoisotopic (exact) mass is 339 g/mol. The third-order valence-electron chi connectivity index (χ3n) is 6.53. The van der Waals surface area contributed by atoms with Crippen LogP contribution >= 0.6 is 0 Å². The van der Waals surface area contributed by atoms with Gasteiger partial charge in [-0.2, -0.15) is 0 Å². The molecule has 5 rings (SSSR count). The van der Waals surface area contributed by atoms with Gasteiger partial charge in [0.25, 0.3) is 0 Å². The molecule has 3 aromatic rings. The Hall–Kier alpha value is -2.54. The van der Waals surface area contributed by atoms with E-state index in [9.17, 15) is 0 Å². The predicted octanol–water partition coefficient (Wildman–Crippen LogP) is 5.62. The fourth-order valence-corrected chi connectivity index (χ4v) is 5.57. The second-order valence-corrected chi connectivity index (χ2v) is 7.81. The highest BCUT2D eigenvalue weighted by Crippen LogP contribution is 2.57. The van der Waals surface area contributed by atoms with Gasteiger partial charge in [-0.1, -0.05) is 66.7 Å². The minimum atomic E-state index is -0.0796.